The summed E-state index contributed by atoms with van der Waals surface area (Å²) in [6.07, 6.45) is 0. The first kappa shape index (κ1) is 28.3. The smallest absolute Gasteiger partial charge is 0.0462 e. The van der Waals surface area contributed by atoms with E-state index in [0.29, 0.717) is 0 Å². The average molecular weight is 600 g/mol. The van der Waals surface area contributed by atoms with E-state index in [0.717, 1.165) is 17.1 Å². The van der Waals surface area contributed by atoms with Gasteiger partial charge in [-0.05, 0) is 91.7 Å². The van der Waals surface area contributed by atoms with Crippen molar-refractivity contribution < 1.29 is 0 Å². The molecule has 0 amide bonds. The zero-order valence-electron chi connectivity index (χ0n) is 26.0. The highest BCUT2D eigenvalue weighted by atomic mass is 15.1. The van der Waals surface area contributed by atoms with Gasteiger partial charge in [0.2, 0.25) is 0 Å². The molecule has 8 aromatic rings. The van der Waals surface area contributed by atoms with Gasteiger partial charge < -0.3 is 4.90 Å². The first-order valence-corrected chi connectivity index (χ1v) is 16.1. The van der Waals surface area contributed by atoms with Crippen LogP contribution in [-0.4, -0.2) is 0 Å². The Hall–Kier alpha value is -6.18. The number of fused-ring (bicyclic) bond motifs is 1. The molecule has 0 saturated heterocycles. The summed E-state index contributed by atoms with van der Waals surface area (Å²) < 4.78 is 0. The summed E-state index contributed by atoms with van der Waals surface area (Å²) >= 11 is 0. The van der Waals surface area contributed by atoms with Crippen molar-refractivity contribution in [3.63, 3.8) is 0 Å². The molecule has 0 aromatic heterocycles. The topological polar surface area (TPSA) is 3.24 Å². The molecular weight excluding hydrogens is 567 g/mol. The molecule has 0 heterocycles. The molecule has 8 rings (SSSR count). The van der Waals surface area contributed by atoms with Gasteiger partial charge >= 0.3 is 0 Å². The molecule has 0 radical (unpaired) electrons. The third-order valence-electron chi connectivity index (χ3n) is 8.89. The number of para-hydroxylation sites is 1. The predicted octanol–water partition coefficient (Wildman–Crippen LogP) is 13.0. The van der Waals surface area contributed by atoms with Crippen LogP contribution in [-0.2, 0) is 0 Å². The lowest BCUT2D eigenvalue weighted by molar-refractivity contribution is 1.28. The highest BCUT2D eigenvalue weighted by Gasteiger charge is 2.14. The third kappa shape index (κ3) is 5.72. The Bertz CT molecular complexity index is 2230. The monoisotopic (exact) mass is 599 g/mol. The molecule has 0 unspecified atom stereocenters. The van der Waals surface area contributed by atoms with E-state index in [2.05, 4.69) is 205 Å². The highest BCUT2D eigenvalue weighted by molar-refractivity contribution is 6.06. The van der Waals surface area contributed by atoms with Crippen molar-refractivity contribution in [1.82, 2.24) is 0 Å². The number of hydrogen-bond acceptors (Lipinski definition) is 1. The van der Waals surface area contributed by atoms with Crippen LogP contribution in [0.15, 0.2) is 200 Å². The minimum atomic E-state index is 1.12. The van der Waals surface area contributed by atoms with Crippen molar-refractivity contribution in [1.29, 1.82) is 0 Å². The summed E-state index contributed by atoms with van der Waals surface area (Å²) in [6.45, 7) is 0. The van der Waals surface area contributed by atoms with E-state index in [1.165, 1.54) is 55.3 Å². The molecule has 0 atom stereocenters. The lowest BCUT2D eigenvalue weighted by Crippen LogP contribution is -2.09. The van der Waals surface area contributed by atoms with E-state index in [1.54, 1.807) is 0 Å². The zero-order valence-corrected chi connectivity index (χ0v) is 26.0. The van der Waals surface area contributed by atoms with Crippen molar-refractivity contribution in [3.8, 4) is 44.5 Å². The van der Waals surface area contributed by atoms with Crippen LogP contribution >= 0.6 is 0 Å². The lowest BCUT2D eigenvalue weighted by atomic mass is 9.91. The summed E-state index contributed by atoms with van der Waals surface area (Å²) in [4.78, 5) is 2.31. The van der Waals surface area contributed by atoms with Crippen LogP contribution in [0, 0.1) is 0 Å². The number of nitrogens with zero attached hydrogens (tertiary/aromatic N) is 1. The Morgan fingerprint density at radius 3 is 1.06 bits per heavy atom. The van der Waals surface area contributed by atoms with Gasteiger partial charge in [-0.1, -0.05) is 164 Å². The summed E-state index contributed by atoms with van der Waals surface area (Å²) in [5.41, 5.74) is 13.1. The standard InChI is InChI=1S/C46H33N/c1-4-12-34(13-5-1)36-26-30-42(31-27-36)47(41-18-8-3-9-19-41)43-32-28-37(29-33-43)35-22-24-39(25-23-35)45-21-11-17-40-16-10-20-44(46(40)45)38-14-6-2-7-15-38/h1-33H. The van der Waals surface area contributed by atoms with E-state index in [4.69, 9.17) is 0 Å². The Balaban J connectivity index is 1.11. The normalized spacial score (nSPS) is 11.0. The second kappa shape index (κ2) is 12.7. The second-order valence-corrected chi connectivity index (χ2v) is 11.8. The van der Waals surface area contributed by atoms with E-state index in [-0.39, 0.29) is 0 Å². The predicted molar refractivity (Wildman–Crippen MR) is 200 cm³/mol. The Morgan fingerprint density at radius 1 is 0.234 bits per heavy atom. The van der Waals surface area contributed by atoms with Crippen molar-refractivity contribution >= 4 is 27.8 Å². The van der Waals surface area contributed by atoms with Crippen LogP contribution < -0.4 is 4.90 Å². The molecule has 0 fully saturated rings. The van der Waals surface area contributed by atoms with Crippen molar-refractivity contribution in [3.05, 3.63) is 200 Å². The first-order chi connectivity index (χ1) is 23.3. The maximum Gasteiger partial charge on any atom is 0.0462 e. The number of benzene rings is 8. The van der Waals surface area contributed by atoms with Crippen LogP contribution in [0.2, 0.25) is 0 Å². The SMILES string of the molecule is c1ccc(-c2ccc(N(c3ccccc3)c3ccc(-c4ccc(-c5cccc6cccc(-c7ccccc7)c56)cc4)cc3)cc2)cc1. The van der Waals surface area contributed by atoms with Gasteiger partial charge in [0.15, 0.2) is 0 Å². The molecule has 0 aliphatic heterocycles. The van der Waals surface area contributed by atoms with Crippen molar-refractivity contribution in [2.24, 2.45) is 0 Å². The summed E-state index contributed by atoms with van der Waals surface area (Å²) in [5, 5.41) is 2.54. The van der Waals surface area contributed by atoms with Crippen LogP contribution in [0.4, 0.5) is 17.1 Å². The van der Waals surface area contributed by atoms with Crippen LogP contribution in [0.3, 0.4) is 0 Å². The van der Waals surface area contributed by atoms with Crippen LogP contribution in [0.1, 0.15) is 0 Å². The van der Waals surface area contributed by atoms with Gasteiger partial charge in [-0.25, -0.2) is 0 Å². The number of hydrogen-bond donors (Lipinski definition) is 0. The fraction of sp³-hybridized carbons (Fsp3) is 0. The summed E-state index contributed by atoms with van der Waals surface area (Å²) in [6, 6.07) is 71.7. The van der Waals surface area contributed by atoms with Gasteiger partial charge in [-0.15, -0.1) is 0 Å². The summed E-state index contributed by atoms with van der Waals surface area (Å²) in [7, 11) is 0. The molecular formula is C46H33N. The van der Waals surface area contributed by atoms with Gasteiger partial charge in [0.25, 0.3) is 0 Å². The molecule has 1 heteroatoms. The first-order valence-electron chi connectivity index (χ1n) is 16.1. The fourth-order valence-corrected chi connectivity index (χ4v) is 6.54. The minimum absolute atomic E-state index is 1.12. The summed E-state index contributed by atoms with van der Waals surface area (Å²) in [5.74, 6) is 0. The molecule has 0 N–H and O–H groups in total. The molecule has 1 nitrogen and oxygen atoms in total. The van der Waals surface area contributed by atoms with Crippen LogP contribution in [0.25, 0.3) is 55.3 Å². The molecule has 0 bridgehead atoms. The van der Waals surface area contributed by atoms with E-state index < -0.39 is 0 Å². The van der Waals surface area contributed by atoms with E-state index in [1.807, 2.05) is 0 Å². The fourth-order valence-electron chi connectivity index (χ4n) is 6.54. The molecule has 47 heavy (non-hydrogen) atoms. The molecule has 0 spiro atoms. The van der Waals surface area contributed by atoms with Gasteiger partial charge in [0.05, 0.1) is 0 Å². The molecule has 0 aliphatic carbocycles. The molecule has 0 saturated carbocycles. The zero-order chi connectivity index (χ0) is 31.4. The van der Waals surface area contributed by atoms with Gasteiger partial charge in [0, 0.05) is 17.1 Å². The highest BCUT2D eigenvalue weighted by Crippen LogP contribution is 2.39. The quantitative estimate of drug-likeness (QED) is 0.176. The lowest BCUT2D eigenvalue weighted by Gasteiger charge is -2.26. The minimum Gasteiger partial charge on any atom is -0.311 e. The molecule has 0 aliphatic rings. The van der Waals surface area contributed by atoms with Gasteiger partial charge in [0.1, 0.15) is 0 Å². The average Bonchev–Trinajstić information content (AvgIpc) is 3.16. The largest absolute Gasteiger partial charge is 0.311 e. The van der Waals surface area contributed by atoms with Gasteiger partial charge in [-0.2, -0.15) is 0 Å². The molecule has 8 aromatic carbocycles. The van der Waals surface area contributed by atoms with E-state index in [9.17, 15) is 0 Å². The van der Waals surface area contributed by atoms with Crippen molar-refractivity contribution in [2.45, 2.75) is 0 Å². The Morgan fingerprint density at radius 2 is 0.574 bits per heavy atom. The number of anilines is 3. The van der Waals surface area contributed by atoms with Gasteiger partial charge in [-0.3, -0.25) is 0 Å². The Labute approximate surface area is 276 Å². The van der Waals surface area contributed by atoms with Crippen molar-refractivity contribution in [2.75, 3.05) is 4.90 Å². The maximum atomic E-state index is 2.31. The van der Waals surface area contributed by atoms with E-state index >= 15 is 0 Å². The second-order valence-electron chi connectivity index (χ2n) is 11.8. The maximum absolute atomic E-state index is 2.31. The van der Waals surface area contributed by atoms with Crippen LogP contribution in [0.5, 0.6) is 0 Å². The molecule has 222 valence electrons. The Kier molecular flexibility index (Phi) is 7.63. The number of rotatable bonds is 7. The third-order valence-corrected chi connectivity index (χ3v) is 8.89.